The molecule has 3 amide bonds. The van der Waals surface area contributed by atoms with E-state index in [1.807, 2.05) is 6.92 Å². The Morgan fingerprint density at radius 1 is 1.05 bits per heavy atom. The van der Waals surface area contributed by atoms with E-state index in [2.05, 4.69) is 16.2 Å². The van der Waals surface area contributed by atoms with Crippen LogP contribution in [0.5, 0.6) is 0 Å². The minimum atomic E-state index is -0.719. The summed E-state index contributed by atoms with van der Waals surface area (Å²) >= 11 is 1.26. The molecular formula is C13H17N3O5S. The molecule has 0 aliphatic rings. The molecule has 0 aromatic carbocycles. The second kappa shape index (κ2) is 7.55. The molecule has 9 heteroatoms. The number of carbonyl (C=O) groups is 4. The maximum atomic E-state index is 12.1. The predicted molar refractivity (Wildman–Crippen MR) is 80.3 cm³/mol. The number of hydrogen-bond acceptors (Lipinski definition) is 6. The molecule has 120 valence electrons. The third-order valence-corrected chi connectivity index (χ3v) is 3.71. The maximum Gasteiger partial charge on any atom is 0.341 e. The third kappa shape index (κ3) is 4.85. The molecule has 0 aliphatic heterocycles. The van der Waals surface area contributed by atoms with E-state index in [1.165, 1.54) is 25.2 Å². The summed E-state index contributed by atoms with van der Waals surface area (Å²) in [6.07, 6.45) is 0. The average Bonchev–Trinajstić information content (AvgIpc) is 2.68. The van der Waals surface area contributed by atoms with Gasteiger partial charge in [-0.2, -0.15) is 0 Å². The minimum absolute atomic E-state index is 0.227. The highest BCUT2D eigenvalue weighted by atomic mass is 32.1. The second-order valence-electron chi connectivity index (χ2n) is 4.47. The van der Waals surface area contributed by atoms with E-state index in [0.29, 0.717) is 10.6 Å². The van der Waals surface area contributed by atoms with Crippen molar-refractivity contribution in [2.75, 3.05) is 11.9 Å². The molecule has 3 N–H and O–H groups in total. The van der Waals surface area contributed by atoms with Crippen LogP contribution in [0, 0.1) is 13.8 Å². The number of hydrogen-bond donors (Lipinski definition) is 3. The van der Waals surface area contributed by atoms with Crippen molar-refractivity contribution in [3.63, 3.8) is 0 Å². The molecule has 0 saturated carbocycles. The SMILES string of the molecule is CC(=O)NNC(=O)COC(=O)c1c(NC(C)=O)sc(C)c1C. The number of amides is 3. The zero-order valence-corrected chi connectivity index (χ0v) is 13.5. The van der Waals surface area contributed by atoms with Crippen molar-refractivity contribution in [1.82, 2.24) is 10.9 Å². The lowest BCUT2D eigenvalue weighted by atomic mass is 10.1. The zero-order chi connectivity index (χ0) is 16.9. The van der Waals surface area contributed by atoms with Gasteiger partial charge in [-0.25, -0.2) is 4.79 Å². The van der Waals surface area contributed by atoms with E-state index in [4.69, 9.17) is 4.74 Å². The lowest BCUT2D eigenvalue weighted by molar-refractivity contribution is -0.129. The summed E-state index contributed by atoms with van der Waals surface area (Å²) in [7, 11) is 0. The van der Waals surface area contributed by atoms with E-state index in [0.717, 1.165) is 4.88 Å². The van der Waals surface area contributed by atoms with Crippen LogP contribution in [0.25, 0.3) is 0 Å². The molecular weight excluding hydrogens is 310 g/mol. The Morgan fingerprint density at radius 2 is 1.68 bits per heavy atom. The molecule has 1 rings (SSSR count). The van der Waals surface area contributed by atoms with Crippen molar-refractivity contribution < 1.29 is 23.9 Å². The van der Waals surface area contributed by atoms with Crippen molar-refractivity contribution in [3.8, 4) is 0 Å². The third-order valence-electron chi connectivity index (χ3n) is 2.59. The Labute approximate surface area is 131 Å². The van der Waals surface area contributed by atoms with Crippen LogP contribution in [0.2, 0.25) is 0 Å². The summed E-state index contributed by atoms with van der Waals surface area (Å²) in [6, 6.07) is 0. The largest absolute Gasteiger partial charge is 0.452 e. The fraction of sp³-hybridized carbons (Fsp3) is 0.385. The maximum absolute atomic E-state index is 12.1. The molecule has 0 aliphatic carbocycles. The van der Waals surface area contributed by atoms with Crippen molar-refractivity contribution in [2.45, 2.75) is 27.7 Å². The Hall–Kier alpha value is -2.42. The molecule has 22 heavy (non-hydrogen) atoms. The number of hydrazine groups is 1. The highest BCUT2D eigenvalue weighted by Crippen LogP contribution is 2.32. The van der Waals surface area contributed by atoms with Crippen LogP contribution in [0.3, 0.4) is 0 Å². The molecule has 0 saturated heterocycles. The van der Waals surface area contributed by atoms with Crippen molar-refractivity contribution in [3.05, 3.63) is 16.0 Å². The van der Waals surface area contributed by atoms with Gasteiger partial charge in [0.1, 0.15) is 5.00 Å². The van der Waals surface area contributed by atoms with Gasteiger partial charge < -0.3 is 10.1 Å². The van der Waals surface area contributed by atoms with Crippen LogP contribution < -0.4 is 16.2 Å². The Kier molecular flexibility index (Phi) is 6.05. The smallest absolute Gasteiger partial charge is 0.341 e. The standard InChI is InChI=1S/C13H17N3O5S/c1-6-7(2)22-12(14-8(3)17)11(6)13(20)21-5-10(19)16-15-9(4)18/h5H2,1-4H3,(H,14,17)(H,15,18)(H,16,19). The first-order valence-corrected chi connectivity index (χ1v) is 7.14. The summed E-state index contributed by atoms with van der Waals surface area (Å²) in [4.78, 5) is 46.1. The topological polar surface area (TPSA) is 114 Å². The van der Waals surface area contributed by atoms with E-state index in [-0.39, 0.29) is 11.5 Å². The van der Waals surface area contributed by atoms with Gasteiger partial charge in [0.05, 0.1) is 5.56 Å². The second-order valence-corrected chi connectivity index (χ2v) is 5.70. The van der Waals surface area contributed by atoms with Crippen LogP contribution in [-0.4, -0.2) is 30.3 Å². The fourth-order valence-corrected chi connectivity index (χ4v) is 2.61. The van der Waals surface area contributed by atoms with Crippen molar-refractivity contribution in [2.24, 2.45) is 0 Å². The Balaban J connectivity index is 2.75. The predicted octanol–water partition coefficient (Wildman–Crippen LogP) is 0.647. The zero-order valence-electron chi connectivity index (χ0n) is 12.7. The first-order chi connectivity index (χ1) is 10.2. The first-order valence-electron chi connectivity index (χ1n) is 6.32. The summed E-state index contributed by atoms with van der Waals surface area (Å²) in [5.74, 6) is -2.14. The van der Waals surface area contributed by atoms with Gasteiger partial charge in [0.25, 0.3) is 5.91 Å². The van der Waals surface area contributed by atoms with E-state index >= 15 is 0 Å². The van der Waals surface area contributed by atoms with Gasteiger partial charge in [-0.3, -0.25) is 25.2 Å². The molecule has 1 aromatic rings. The van der Waals surface area contributed by atoms with Crippen LogP contribution in [0.4, 0.5) is 5.00 Å². The number of esters is 1. The highest BCUT2D eigenvalue weighted by molar-refractivity contribution is 7.16. The number of aryl methyl sites for hydroxylation is 1. The monoisotopic (exact) mass is 327 g/mol. The van der Waals surface area contributed by atoms with Crippen LogP contribution in [0.1, 0.15) is 34.6 Å². The van der Waals surface area contributed by atoms with Crippen LogP contribution in [-0.2, 0) is 19.1 Å². The molecule has 0 atom stereocenters. The van der Waals surface area contributed by atoms with Gasteiger partial charge in [0.2, 0.25) is 11.8 Å². The van der Waals surface area contributed by atoms with Gasteiger partial charge in [0.15, 0.2) is 6.61 Å². The van der Waals surface area contributed by atoms with Gasteiger partial charge in [-0.1, -0.05) is 0 Å². The number of thiophene rings is 1. The van der Waals surface area contributed by atoms with Crippen molar-refractivity contribution >= 4 is 40.0 Å². The Morgan fingerprint density at radius 3 is 2.23 bits per heavy atom. The van der Waals surface area contributed by atoms with E-state index < -0.39 is 24.4 Å². The lowest BCUT2D eigenvalue weighted by Gasteiger charge is -2.08. The molecule has 1 aromatic heterocycles. The number of carbonyl (C=O) groups excluding carboxylic acids is 4. The molecule has 0 spiro atoms. The minimum Gasteiger partial charge on any atom is -0.452 e. The molecule has 0 fully saturated rings. The average molecular weight is 327 g/mol. The van der Waals surface area contributed by atoms with Gasteiger partial charge in [0, 0.05) is 18.7 Å². The summed E-state index contributed by atoms with van der Waals surface area (Å²) in [6.45, 7) is 5.55. The summed E-state index contributed by atoms with van der Waals surface area (Å²) < 4.78 is 4.89. The fourth-order valence-electron chi connectivity index (χ4n) is 1.52. The number of nitrogens with one attached hydrogen (secondary N) is 3. The van der Waals surface area contributed by atoms with Crippen LogP contribution >= 0.6 is 11.3 Å². The Bertz CT molecular complexity index is 623. The highest BCUT2D eigenvalue weighted by Gasteiger charge is 2.22. The number of ether oxygens (including phenoxy) is 1. The normalized spacial score (nSPS) is 9.82. The first kappa shape index (κ1) is 17.6. The van der Waals surface area contributed by atoms with Crippen molar-refractivity contribution in [1.29, 1.82) is 0 Å². The van der Waals surface area contributed by atoms with Crippen LogP contribution in [0.15, 0.2) is 0 Å². The van der Waals surface area contributed by atoms with Gasteiger partial charge in [-0.15, -0.1) is 11.3 Å². The molecule has 1 heterocycles. The van der Waals surface area contributed by atoms with E-state index in [1.54, 1.807) is 6.92 Å². The van der Waals surface area contributed by atoms with Gasteiger partial charge in [-0.05, 0) is 19.4 Å². The lowest BCUT2D eigenvalue weighted by Crippen LogP contribution is -2.42. The quantitative estimate of drug-likeness (QED) is 0.555. The van der Waals surface area contributed by atoms with Gasteiger partial charge >= 0.3 is 5.97 Å². The molecule has 0 bridgehead atoms. The molecule has 8 nitrogen and oxygen atoms in total. The summed E-state index contributed by atoms with van der Waals surface area (Å²) in [5, 5.41) is 2.95. The number of rotatable bonds is 4. The summed E-state index contributed by atoms with van der Waals surface area (Å²) in [5.41, 5.74) is 5.06. The number of anilines is 1. The van der Waals surface area contributed by atoms with E-state index in [9.17, 15) is 19.2 Å². The molecule has 0 unspecified atom stereocenters. The molecule has 0 radical (unpaired) electrons.